The highest BCUT2D eigenvalue weighted by Crippen LogP contribution is 2.28. The van der Waals surface area contributed by atoms with Gasteiger partial charge < -0.3 is 15.4 Å². The number of hydrogen-bond acceptors (Lipinski definition) is 4. The van der Waals surface area contributed by atoms with E-state index in [2.05, 4.69) is 20.3 Å². The molecule has 1 aromatic carbocycles. The highest BCUT2D eigenvalue weighted by atomic mass is 32.2. The predicted octanol–water partition coefficient (Wildman–Crippen LogP) is 2.64. The Morgan fingerprint density at radius 1 is 1.17 bits per heavy atom. The zero-order valence-corrected chi connectivity index (χ0v) is 18.6. The summed E-state index contributed by atoms with van der Waals surface area (Å²) in [6, 6.07) is 6.92. The van der Waals surface area contributed by atoms with Crippen LogP contribution in [-0.2, 0) is 21.3 Å². The molecule has 1 aliphatic rings. The molecular weight excluding hydrogens is 388 g/mol. The molecule has 2 rings (SSSR count). The van der Waals surface area contributed by atoms with Crippen LogP contribution in [0.4, 0.5) is 0 Å². The summed E-state index contributed by atoms with van der Waals surface area (Å²) in [6.45, 7) is 1.98. The highest BCUT2D eigenvalue weighted by molar-refractivity contribution is 7.89. The Labute approximate surface area is 175 Å². The number of benzene rings is 1. The fourth-order valence-corrected chi connectivity index (χ4v) is 4.74. The van der Waals surface area contributed by atoms with Crippen molar-refractivity contribution in [3.63, 3.8) is 0 Å². The Balaban J connectivity index is 1.74. The van der Waals surface area contributed by atoms with Crippen LogP contribution in [0.25, 0.3) is 0 Å². The third-order valence-electron chi connectivity index (χ3n) is 5.30. The number of unbranched alkanes of at least 4 members (excludes halogenated alkanes) is 1. The number of sulfonamides is 1. The lowest BCUT2D eigenvalue weighted by Gasteiger charge is -2.13. The normalized spacial score (nSPS) is 15.6. The zero-order chi connectivity index (χ0) is 21.0. The fraction of sp³-hybridized carbons (Fsp3) is 0.667. The number of nitrogens with one attached hydrogen (secondary N) is 3. The fourth-order valence-electron chi connectivity index (χ4n) is 3.65. The van der Waals surface area contributed by atoms with Gasteiger partial charge >= 0.3 is 0 Å². The van der Waals surface area contributed by atoms with E-state index >= 15 is 0 Å². The van der Waals surface area contributed by atoms with Gasteiger partial charge in [0.15, 0.2) is 5.96 Å². The Hall–Kier alpha value is -1.64. The van der Waals surface area contributed by atoms with E-state index in [4.69, 9.17) is 4.74 Å². The van der Waals surface area contributed by atoms with Crippen LogP contribution in [0.15, 0.2) is 34.2 Å². The van der Waals surface area contributed by atoms with E-state index in [-0.39, 0.29) is 11.4 Å². The summed E-state index contributed by atoms with van der Waals surface area (Å²) in [5, 5.41) is 6.59. The predicted molar refractivity (Wildman–Crippen MR) is 118 cm³/mol. The van der Waals surface area contributed by atoms with Crippen LogP contribution in [0.3, 0.4) is 0 Å². The first-order chi connectivity index (χ1) is 14.0. The largest absolute Gasteiger partial charge is 0.383 e. The van der Waals surface area contributed by atoms with Crippen LogP contribution >= 0.6 is 0 Å². The van der Waals surface area contributed by atoms with Crippen molar-refractivity contribution in [2.75, 3.05) is 33.9 Å². The molecule has 0 radical (unpaired) electrons. The smallest absolute Gasteiger partial charge is 0.240 e. The second-order valence-corrected chi connectivity index (χ2v) is 9.30. The van der Waals surface area contributed by atoms with Crippen LogP contribution in [0.1, 0.15) is 50.5 Å². The van der Waals surface area contributed by atoms with Gasteiger partial charge in [-0.2, -0.15) is 0 Å². The van der Waals surface area contributed by atoms with Gasteiger partial charge in [-0.15, -0.1) is 0 Å². The zero-order valence-electron chi connectivity index (χ0n) is 17.7. The highest BCUT2D eigenvalue weighted by Gasteiger charge is 2.14. The molecule has 0 atom stereocenters. The van der Waals surface area contributed by atoms with E-state index in [0.29, 0.717) is 13.2 Å². The Bertz CT molecular complexity index is 731. The molecule has 0 bridgehead atoms. The molecule has 1 fully saturated rings. The Morgan fingerprint density at radius 3 is 2.69 bits per heavy atom. The van der Waals surface area contributed by atoms with E-state index in [1.807, 2.05) is 6.07 Å². The molecule has 0 saturated heterocycles. The van der Waals surface area contributed by atoms with Gasteiger partial charge in [0, 0.05) is 33.8 Å². The second-order valence-electron chi connectivity index (χ2n) is 7.54. The second kappa shape index (κ2) is 12.8. The van der Waals surface area contributed by atoms with Gasteiger partial charge in [-0.25, -0.2) is 13.1 Å². The van der Waals surface area contributed by atoms with Crippen molar-refractivity contribution in [3.05, 3.63) is 29.8 Å². The molecule has 7 nitrogen and oxygen atoms in total. The third-order valence-corrected chi connectivity index (χ3v) is 6.76. The van der Waals surface area contributed by atoms with E-state index in [1.54, 1.807) is 25.2 Å². The molecule has 29 heavy (non-hydrogen) atoms. The van der Waals surface area contributed by atoms with E-state index in [9.17, 15) is 8.42 Å². The van der Waals surface area contributed by atoms with Crippen molar-refractivity contribution in [3.8, 4) is 0 Å². The lowest BCUT2D eigenvalue weighted by atomic mass is 10.0. The molecular formula is C21H36N4O3S. The molecule has 0 unspecified atom stereocenters. The maximum Gasteiger partial charge on any atom is 0.240 e. The van der Waals surface area contributed by atoms with Gasteiger partial charge in [-0.3, -0.25) is 4.99 Å². The summed E-state index contributed by atoms with van der Waals surface area (Å²) in [5.74, 6) is 1.68. The summed E-state index contributed by atoms with van der Waals surface area (Å²) in [5.41, 5.74) is 0.879. The Kier molecular flexibility index (Phi) is 10.5. The number of methoxy groups -OCH3 is 1. The lowest BCUT2D eigenvalue weighted by Crippen LogP contribution is -2.37. The van der Waals surface area contributed by atoms with E-state index < -0.39 is 10.0 Å². The van der Waals surface area contributed by atoms with Crippen LogP contribution in [0, 0.1) is 5.92 Å². The SMILES string of the molecule is CN=C(NCCCCC1CCCC1)NCc1cccc(S(=O)(=O)NCCOC)c1. The molecule has 8 heteroatoms. The summed E-state index contributed by atoms with van der Waals surface area (Å²) in [7, 11) is -0.247. The first-order valence-corrected chi connectivity index (χ1v) is 12.1. The average Bonchev–Trinajstić information content (AvgIpc) is 3.24. The minimum Gasteiger partial charge on any atom is -0.383 e. The summed E-state index contributed by atoms with van der Waals surface area (Å²) in [6.07, 6.45) is 9.37. The standard InChI is InChI=1S/C21H36N4O3S/c1-22-21(23-13-6-5-10-18-8-3-4-9-18)24-17-19-11-7-12-20(16-19)29(26,27)25-14-15-28-2/h7,11-12,16,18,25H,3-6,8-10,13-15,17H2,1-2H3,(H2,22,23,24). The van der Waals surface area contributed by atoms with Crippen molar-refractivity contribution in [2.24, 2.45) is 10.9 Å². The summed E-state index contributed by atoms with van der Waals surface area (Å²) >= 11 is 0. The first-order valence-electron chi connectivity index (χ1n) is 10.6. The molecule has 1 saturated carbocycles. The van der Waals surface area contributed by atoms with Crippen molar-refractivity contribution in [1.29, 1.82) is 0 Å². The van der Waals surface area contributed by atoms with Gasteiger partial charge in [0.05, 0.1) is 11.5 Å². The first kappa shape index (κ1) is 23.6. The van der Waals surface area contributed by atoms with Crippen molar-refractivity contribution < 1.29 is 13.2 Å². The van der Waals surface area contributed by atoms with Crippen LogP contribution in [0.5, 0.6) is 0 Å². The molecule has 1 aromatic rings. The molecule has 0 aliphatic heterocycles. The third kappa shape index (κ3) is 8.72. The van der Waals surface area contributed by atoms with Crippen molar-refractivity contribution in [2.45, 2.75) is 56.4 Å². The van der Waals surface area contributed by atoms with Crippen molar-refractivity contribution >= 4 is 16.0 Å². The number of guanidine groups is 1. The lowest BCUT2D eigenvalue weighted by molar-refractivity contribution is 0.204. The summed E-state index contributed by atoms with van der Waals surface area (Å²) in [4.78, 5) is 4.50. The van der Waals surface area contributed by atoms with E-state index in [0.717, 1.165) is 30.4 Å². The van der Waals surface area contributed by atoms with Gasteiger partial charge in [0.25, 0.3) is 0 Å². The molecule has 164 valence electrons. The maximum atomic E-state index is 12.3. The maximum absolute atomic E-state index is 12.3. The number of hydrogen-bond donors (Lipinski definition) is 3. The average molecular weight is 425 g/mol. The van der Waals surface area contributed by atoms with Crippen LogP contribution in [0.2, 0.25) is 0 Å². The molecule has 0 heterocycles. The van der Waals surface area contributed by atoms with Gasteiger partial charge in [0.1, 0.15) is 0 Å². The molecule has 0 amide bonds. The Morgan fingerprint density at radius 2 is 1.97 bits per heavy atom. The topological polar surface area (TPSA) is 91.8 Å². The number of aliphatic imine (C=N–C) groups is 1. The molecule has 0 aromatic heterocycles. The molecule has 0 spiro atoms. The van der Waals surface area contributed by atoms with Crippen molar-refractivity contribution in [1.82, 2.24) is 15.4 Å². The quantitative estimate of drug-likeness (QED) is 0.273. The van der Waals surface area contributed by atoms with Crippen LogP contribution in [-0.4, -0.2) is 48.2 Å². The van der Waals surface area contributed by atoms with E-state index in [1.165, 1.54) is 45.6 Å². The monoisotopic (exact) mass is 424 g/mol. The van der Waals surface area contributed by atoms with Gasteiger partial charge in [-0.1, -0.05) is 50.7 Å². The number of nitrogens with zero attached hydrogens (tertiary/aromatic N) is 1. The molecule has 1 aliphatic carbocycles. The van der Waals surface area contributed by atoms with Gasteiger partial charge in [0.2, 0.25) is 10.0 Å². The summed E-state index contributed by atoms with van der Waals surface area (Å²) < 4.78 is 32.1. The number of rotatable bonds is 12. The van der Waals surface area contributed by atoms with Gasteiger partial charge in [-0.05, 0) is 30.0 Å². The number of ether oxygens (including phenoxy) is 1. The minimum absolute atomic E-state index is 0.249. The van der Waals surface area contributed by atoms with Crippen LogP contribution < -0.4 is 15.4 Å². The molecule has 3 N–H and O–H groups in total. The minimum atomic E-state index is -3.53.